The SMILES string of the molecule is COc1c(C)c(OCc2ccccc2)cc(C)c1C(=O)O. The molecule has 4 heteroatoms. The molecule has 0 spiro atoms. The van der Waals surface area contributed by atoms with E-state index >= 15 is 0 Å². The van der Waals surface area contributed by atoms with E-state index in [0.29, 0.717) is 29.2 Å². The summed E-state index contributed by atoms with van der Waals surface area (Å²) in [7, 11) is 1.47. The molecule has 2 aromatic carbocycles. The number of methoxy groups -OCH3 is 1. The van der Waals surface area contributed by atoms with E-state index in [1.54, 1.807) is 19.9 Å². The molecule has 0 bridgehead atoms. The van der Waals surface area contributed by atoms with Crippen LogP contribution in [0.3, 0.4) is 0 Å². The molecule has 2 rings (SSSR count). The van der Waals surface area contributed by atoms with Crippen LogP contribution in [0.15, 0.2) is 36.4 Å². The number of benzene rings is 2. The zero-order chi connectivity index (χ0) is 15.4. The summed E-state index contributed by atoms with van der Waals surface area (Å²) in [5, 5.41) is 9.28. The van der Waals surface area contributed by atoms with Gasteiger partial charge in [-0.15, -0.1) is 0 Å². The van der Waals surface area contributed by atoms with Gasteiger partial charge in [-0.25, -0.2) is 4.79 Å². The Balaban J connectivity index is 2.33. The maximum Gasteiger partial charge on any atom is 0.339 e. The van der Waals surface area contributed by atoms with Crippen LogP contribution in [0, 0.1) is 13.8 Å². The predicted octanol–water partition coefficient (Wildman–Crippen LogP) is 3.59. The predicted molar refractivity (Wildman–Crippen MR) is 80.2 cm³/mol. The van der Waals surface area contributed by atoms with Crippen LogP contribution in [0.25, 0.3) is 0 Å². The van der Waals surface area contributed by atoms with Crippen LogP contribution in [0.4, 0.5) is 0 Å². The molecule has 0 aliphatic carbocycles. The van der Waals surface area contributed by atoms with Gasteiger partial charge in [-0.05, 0) is 31.0 Å². The van der Waals surface area contributed by atoms with Crippen molar-refractivity contribution in [2.45, 2.75) is 20.5 Å². The molecular formula is C17H18O4. The average Bonchev–Trinajstić information content (AvgIpc) is 2.48. The van der Waals surface area contributed by atoms with Gasteiger partial charge in [-0.1, -0.05) is 30.3 Å². The summed E-state index contributed by atoms with van der Waals surface area (Å²) < 4.78 is 11.1. The second kappa shape index (κ2) is 6.31. The van der Waals surface area contributed by atoms with E-state index in [1.165, 1.54) is 7.11 Å². The Kier molecular flexibility index (Phi) is 4.48. The molecule has 0 amide bonds. The smallest absolute Gasteiger partial charge is 0.339 e. The largest absolute Gasteiger partial charge is 0.495 e. The number of aromatic carboxylic acids is 1. The van der Waals surface area contributed by atoms with Gasteiger partial charge in [0, 0.05) is 5.56 Å². The number of rotatable bonds is 5. The fraction of sp³-hybridized carbons (Fsp3) is 0.235. The summed E-state index contributed by atoms with van der Waals surface area (Å²) in [6, 6.07) is 11.5. The van der Waals surface area contributed by atoms with Crippen molar-refractivity contribution in [1.82, 2.24) is 0 Å². The summed E-state index contributed by atoms with van der Waals surface area (Å²) in [6.45, 7) is 3.96. The molecule has 2 aromatic rings. The van der Waals surface area contributed by atoms with Crippen LogP contribution in [-0.2, 0) is 6.61 Å². The number of carbonyl (C=O) groups is 1. The summed E-state index contributed by atoms with van der Waals surface area (Å²) in [6.07, 6.45) is 0. The molecule has 0 heterocycles. The van der Waals surface area contributed by atoms with Crippen molar-refractivity contribution in [3.05, 3.63) is 58.7 Å². The molecule has 21 heavy (non-hydrogen) atoms. The normalized spacial score (nSPS) is 10.2. The summed E-state index contributed by atoms with van der Waals surface area (Å²) >= 11 is 0. The maximum absolute atomic E-state index is 11.3. The molecule has 0 unspecified atom stereocenters. The summed E-state index contributed by atoms with van der Waals surface area (Å²) in [4.78, 5) is 11.3. The van der Waals surface area contributed by atoms with E-state index < -0.39 is 5.97 Å². The molecule has 0 saturated heterocycles. The molecule has 0 fully saturated rings. The Morgan fingerprint density at radius 1 is 1.19 bits per heavy atom. The standard InChI is InChI=1S/C17H18O4/c1-11-9-14(21-10-13-7-5-4-6-8-13)12(2)16(20-3)15(11)17(18)19/h4-9H,10H2,1-3H3,(H,18,19). The summed E-state index contributed by atoms with van der Waals surface area (Å²) in [5.41, 5.74) is 2.54. The zero-order valence-electron chi connectivity index (χ0n) is 12.3. The van der Waals surface area contributed by atoms with Crippen molar-refractivity contribution in [2.75, 3.05) is 7.11 Å². The highest BCUT2D eigenvalue weighted by Gasteiger charge is 2.20. The lowest BCUT2D eigenvalue weighted by Gasteiger charge is -2.16. The summed E-state index contributed by atoms with van der Waals surface area (Å²) in [5.74, 6) is -0.00850. The van der Waals surface area contributed by atoms with E-state index in [-0.39, 0.29) is 5.56 Å². The molecule has 0 aromatic heterocycles. The highest BCUT2D eigenvalue weighted by Crippen LogP contribution is 2.34. The van der Waals surface area contributed by atoms with Crippen molar-refractivity contribution in [3.8, 4) is 11.5 Å². The molecule has 0 aliphatic heterocycles. The average molecular weight is 286 g/mol. The lowest BCUT2D eigenvalue weighted by atomic mass is 10.0. The number of hydrogen-bond donors (Lipinski definition) is 1. The molecule has 0 aliphatic rings. The number of carboxylic acid groups (broad SMARTS) is 1. The van der Waals surface area contributed by atoms with Crippen molar-refractivity contribution in [2.24, 2.45) is 0 Å². The van der Waals surface area contributed by atoms with Gasteiger partial charge in [-0.2, -0.15) is 0 Å². The first-order valence-electron chi connectivity index (χ1n) is 6.62. The molecule has 0 radical (unpaired) electrons. The van der Waals surface area contributed by atoms with Crippen molar-refractivity contribution in [1.29, 1.82) is 0 Å². The number of hydrogen-bond acceptors (Lipinski definition) is 3. The Morgan fingerprint density at radius 2 is 1.86 bits per heavy atom. The third kappa shape index (κ3) is 3.16. The fourth-order valence-corrected chi connectivity index (χ4v) is 2.26. The third-order valence-electron chi connectivity index (χ3n) is 3.33. The first kappa shape index (κ1) is 14.9. The lowest BCUT2D eigenvalue weighted by Crippen LogP contribution is -2.07. The second-order valence-corrected chi connectivity index (χ2v) is 4.80. The highest BCUT2D eigenvalue weighted by atomic mass is 16.5. The van der Waals surface area contributed by atoms with Crippen LogP contribution in [-0.4, -0.2) is 18.2 Å². The van der Waals surface area contributed by atoms with Crippen molar-refractivity contribution >= 4 is 5.97 Å². The van der Waals surface area contributed by atoms with Gasteiger partial charge in [0.2, 0.25) is 0 Å². The van der Waals surface area contributed by atoms with Crippen LogP contribution in [0.5, 0.6) is 11.5 Å². The Bertz CT molecular complexity index is 648. The number of ether oxygens (including phenoxy) is 2. The minimum atomic E-state index is -0.998. The van der Waals surface area contributed by atoms with Gasteiger partial charge >= 0.3 is 5.97 Å². The molecular weight excluding hydrogens is 268 g/mol. The van der Waals surface area contributed by atoms with E-state index in [0.717, 1.165) is 5.56 Å². The molecule has 110 valence electrons. The number of carboxylic acids is 1. The molecule has 1 N–H and O–H groups in total. The highest BCUT2D eigenvalue weighted by molar-refractivity contribution is 5.93. The Labute approximate surface area is 123 Å². The van der Waals surface area contributed by atoms with Gasteiger partial charge in [0.1, 0.15) is 23.7 Å². The van der Waals surface area contributed by atoms with E-state index in [4.69, 9.17) is 9.47 Å². The first-order valence-corrected chi connectivity index (χ1v) is 6.62. The minimum absolute atomic E-state index is 0.182. The van der Waals surface area contributed by atoms with E-state index in [2.05, 4.69) is 0 Å². The molecule has 0 atom stereocenters. The van der Waals surface area contributed by atoms with Crippen LogP contribution in [0.2, 0.25) is 0 Å². The fourth-order valence-electron chi connectivity index (χ4n) is 2.26. The first-order chi connectivity index (χ1) is 10.0. The van der Waals surface area contributed by atoms with Crippen LogP contribution < -0.4 is 9.47 Å². The minimum Gasteiger partial charge on any atom is -0.495 e. The van der Waals surface area contributed by atoms with Crippen molar-refractivity contribution in [3.63, 3.8) is 0 Å². The Hall–Kier alpha value is -2.49. The van der Waals surface area contributed by atoms with Gasteiger partial charge in [0.15, 0.2) is 0 Å². The monoisotopic (exact) mass is 286 g/mol. The third-order valence-corrected chi connectivity index (χ3v) is 3.33. The quantitative estimate of drug-likeness (QED) is 0.912. The lowest BCUT2D eigenvalue weighted by molar-refractivity contribution is 0.0692. The van der Waals surface area contributed by atoms with E-state index in [1.807, 2.05) is 30.3 Å². The van der Waals surface area contributed by atoms with Crippen LogP contribution in [0.1, 0.15) is 27.0 Å². The van der Waals surface area contributed by atoms with Crippen LogP contribution >= 0.6 is 0 Å². The second-order valence-electron chi connectivity index (χ2n) is 4.80. The van der Waals surface area contributed by atoms with Gasteiger partial charge in [0.25, 0.3) is 0 Å². The topological polar surface area (TPSA) is 55.8 Å². The maximum atomic E-state index is 11.3. The molecule has 0 saturated carbocycles. The van der Waals surface area contributed by atoms with Crippen molar-refractivity contribution < 1.29 is 19.4 Å². The molecule has 4 nitrogen and oxygen atoms in total. The van der Waals surface area contributed by atoms with Gasteiger partial charge in [-0.3, -0.25) is 0 Å². The van der Waals surface area contributed by atoms with Gasteiger partial charge in [0.05, 0.1) is 7.11 Å². The van der Waals surface area contributed by atoms with Gasteiger partial charge < -0.3 is 14.6 Å². The number of aryl methyl sites for hydroxylation is 1. The Morgan fingerprint density at radius 3 is 2.43 bits per heavy atom. The zero-order valence-corrected chi connectivity index (χ0v) is 12.3. The van der Waals surface area contributed by atoms with E-state index in [9.17, 15) is 9.90 Å².